The maximum atomic E-state index is 12.6. The number of amides is 1. The lowest BCUT2D eigenvalue weighted by molar-refractivity contribution is -0.117. The van der Waals surface area contributed by atoms with E-state index in [0.717, 1.165) is 11.1 Å². The minimum atomic E-state index is -4.00. The summed E-state index contributed by atoms with van der Waals surface area (Å²) in [6.45, 7) is 5.36. The molecule has 0 radical (unpaired) electrons. The molecule has 0 bridgehead atoms. The van der Waals surface area contributed by atoms with Crippen molar-refractivity contribution >= 4 is 33.2 Å². The molecule has 8 heteroatoms. The van der Waals surface area contributed by atoms with Crippen molar-refractivity contribution in [2.75, 3.05) is 12.4 Å². The monoisotopic (exact) mass is 396 g/mol. The third-order valence-corrected chi connectivity index (χ3v) is 5.71. The number of hydrogen-bond donors (Lipinski definition) is 2. The highest BCUT2D eigenvalue weighted by molar-refractivity contribution is 7.89. The smallest absolute Gasteiger partial charge is 0.245 e. The van der Waals surface area contributed by atoms with Crippen molar-refractivity contribution in [3.05, 3.63) is 52.5 Å². The van der Waals surface area contributed by atoms with Crippen molar-refractivity contribution < 1.29 is 17.9 Å². The summed E-state index contributed by atoms with van der Waals surface area (Å²) >= 11 is 5.89. The zero-order valence-corrected chi connectivity index (χ0v) is 16.5. The lowest BCUT2D eigenvalue weighted by Crippen LogP contribution is -2.41. The average Bonchev–Trinajstić information content (AvgIpc) is 2.57. The molecule has 2 aromatic rings. The highest BCUT2D eigenvalue weighted by Gasteiger charge is 2.25. The minimum Gasteiger partial charge on any atom is -0.495 e. The molecule has 0 unspecified atom stereocenters. The van der Waals surface area contributed by atoms with E-state index < -0.39 is 22.0 Å². The summed E-state index contributed by atoms with van der Waals surface area (Å²) in [5.74, 6) is -0.332. The number of halogens is 1. The van der Waals surface area contributed by atoms with Crippen LogP contribution in [0.15, 0.2) is 41.3 Å². The maximum Gasteiger partial charge on any atom is 0.245 e. The van der Waals surface area contributed by atoms with Crippen LogP contribution < -0.4 is 14.8 Å². The minimum absolute atomic E-state index is 0.127. The lowest BCUT2D eigenvalue weighted by Gasteiger charge is -2.16. The van der Waals surface area contributed by atoms with Crippen LogP contribution in [0.1, 0.15) is 18.1 Å². The molecule has 0 spiro atoms. The average molecular weight is 397 g/mol. The zero-order valence-electron chi connectivity index (χ0n) is 15.0. The second-order valence-electron chi connectivity index (χ2n) is 5.93. The Morgan fingerprint density at radius 1 is 1.12 bits per heavy atom. The normalized spacial score (nSPS) is 12.5. The third-order valence-electron chi connectivity index (χ3n) is 3.91. The molecule has 26 heavy (non-hydrogen) atoms. The number of hydrogen-bond acceptors (Lipinski definition) is 4. The molecule has 0 aromatic heterocycles. The Hall–Kier alpha value is -2.09. The van der Waals surface area contributed by atoms with E-state index >= 15 is 0 Å². The van der Waals surface area contributed by atoms with Gasteiger partial charge in [-0.05, 0) is 62.2 Å². The van der Waals surface area contributed by atoms with Gasteiger partial charge in [0.25, 0.3) is 0 Å². The number of carbonyl (C=O) groups is 1. The second kappa shape index (κ2) is 8.07. The highest BCUT2D eigenvalue weighted by Crippen LogP contribution is 2.27. The standard InChI is InChI=1S/C18H21ClN2O4S/c1-11-5-7-15(9-12(11)2)20-18(22)13(3)21-26(23,24)17-10-14(19)6-8-16(17)25-4/h5-10,13,21H,1-4H3,(H,20,22)/t13-/m1/s1. The maximum absolute atomic E-state index is 12.6. The number of rotatable bonds is 6. The van der Waals surface area contributed by atoms with Gasteiger partial charge in [-0.2, -0.15) is 4.72 Å². The van der Waals surface area contributed by atoms with Gasteiger partial charge in [-0.3, -0.25) is 4.79 Å². The van der Waals surface area contributed by atoms with Gasteiger partial charge >= 0.3 is 0 Å². The van der Waals surface area contributed by atoms with Gasteiger partial charge < -0.3 is 10.1 Å². The van der Waals surface area contributed by atoms with Crippen LogP contribution in [0, 0.1) is 13.8 Å². The van der Waals surface area contributed by atoms with Gasteiger partial charge in [-0.25, -0.2) is 8.42 Å². The molecule has 0 heterocycles. The van der Waals surface area contributed by atoms with Crippen LogP contribution in [0.2, 0.25) is 5.02 Å². The van der Waals surface area contributed by atoms with Crippen LogP contribution >= 0.6 is 11.6 Å². The van der Waals surface area contributed by atoms with Crippen molar-refractivity contribution in [3.8, 4) is 5.75 Å². The second-order valence-corrected chi connectivity index (χ2v) is 8.05. The van der Waals surface area contributed by atoms with Crippen LogP contribution in [-0.4, -0.2) is 27.5 Å². The molecule has 6 nitrogen and oxygen atoms in total. The van der Waals surface area contributed by atoms with Crippen molar-refractivity contribution in [2.45, 2.75) is 31.7 Å². The summed E-state index contributed by atoms with van der Waals surface area (Å²) < 4.78 is 32.6. The van der Waals surface area contributed by atoms with Gasteiger partial charge in [0, 0.05) is 10.7 Å². The Labute approximate surface area is 158 Å². The van der Waals surface area contributed by atoms with Crippen molar-refractivity contribution in [1.82, 2.24) is 4.72 Å². The quantitative estimate of drug-likeness (QED) is 0.784. The number of ether oxygens (including phenoxy) is 1. The third kappa shape index (κ3) is 4.75. The summed E-state index contributed by atoms with van der Waals surface area (Å²) in [5, 5.41) is 2.95. The van der Waals surface area contributed by atoms with E-state index in [1.165, 1.54) is 32.2 Å². The predicted octanol–water partition coefficient (Wildman–Crippen LogP) is 3.27. The summed E-state index contributed by atoms with van der Waals surface area (Å²) in [6.07, 6.45) is 0. The molecule has 0 aliphatic rings. The number of methoxy groups -OCH3 is 1. The molecule has 1 amide bonds. The fourth-order valence-corrected chi connectivity index (χ4v) is 3.91. The first-order valence-corrected chi connectivity index (χ1v) is 9.74. The number of aryl methyl sites for hydroxylation is 2. The topological polar surface area (TPSA) is 84.5 Å². The zero-order chi connectivity index (χ0) is 19.5. The number of anilines is 1. The van der Waals surface area contributed by atoms with Crippen LogP contribution in [-0.2, 0) is 14.8 Å². The predicted molar refractivity (Wildman–Crippen MR) is 102 cm³/mol. The van der Waals surface area contributed by atoms with Crippen LogP contribution in [0.3, 0.4) is 0 Å². The first-order chi connectivity index (χ1) is 12.1. The number of carbonyl (C=O) groups excluding carboxylic acids is 1. The Kier molecular flexibility index (Phi) is 6.28. The highest BCUT2D eigenvalue weighted by atomic mass is 35.5. The van der Waals surface area contributed by atoms with Crippen LogP contribution in [0.25, 0.3) is 0 Å². The number of nitrogens with one attached hydrogen (secondary N) is 2. The van der Waals surface area contributed by atoms with Crippen LogP contribution in [0.5, 0.6) is 5.75 Å². The van der Waals surface area contributed by atoms with Gasteiger partial charge in [0.2, 0.25) is 15.9 Å². The van der Waals surface area contributed by atoms with Crippen molar-refractivity contribution in [3.63, 3.8) is 0 Å². The summed E-state index contributed by atoms with van der Waals surface area (Å²) in [7, 11) is -2.64. The molecule has 0 aliphatic carbocycles. The molecule has 0 fully saturated rings. The van der Waals surface area contributed by atoms with Gasteiger partial charge in [0.1, 0.15) is 10.6 Å². The number of benzene rings is 2. The molecule has 0 aliphatic heterocycles. The largest absolute Gasteiger partial charge is 0.495 e. The van der Waals surface area contributed by atoms with E-state index in [9.17, 15) is 13.2 Å². The van der Waals surface area contributed by atoms with Gasteiger partial charge in [-0.15, -0.1) is 0 Å². The number of sulfonamides is 1. The molecule has 1 atom stereocenters. The van der Waals surface area contributed by atoms with E-state index in [1.807, 2.05) is 26.0 Å². The molecule has 2 rings (SSSR count). The van der Waals surface area contributed by atoms with E-state index in [-0.39, 0.29) is 15.7 Å². The Morgan fingerprint density at radius 3 is 2.42 bits per heavy atom. The molecular formula is C18H21ClN2O4S. The SMILES string of the molecule is COc1ccc(Cl)cc1S(=O)(=O)N[C@H](C)C(=O)Nc1ccc(C)c(C)c1. The Morgan fingerprint density at radius 2 is 1.81 bits per heavy atom. The molecule has 2 aromatic carbocycles. The fourth-order valence-electron chi connectivity index (χ4n) is 2.28. The van der Waals surface area contributed by atoms with Crippen molar-refractivity contribution in [2.24, 2.45) is 0 Å². The first kappa shape index (κ1) is 20.2. The molecule has 0 saturated carbocycles. The van der Waals surface area contributed by atoms with Crippen LogP contribution in [0.4, 0.5) is 5.69 Å². The molecular weight excluding hydrogens is 376 g/mol. The van der Waals surface area contributed by atoms with E-state index in [0.29, 0.717) is 5.69 Å². The van der Waals surface area contributed by atoms with E-state index in [2.05, 4.69) is 10.0 Å². The fraction of sp³-hybridized carbons (Fsp3) is 0.278. The van der Waals surface area contributed by atoms with E-state index in [1.54, 1.807) is 6.07 Å². The van der Waals surface area contributed by atoms with Crippen molar-refractivity contribution in [1.29, 1.82) is 0 Å². The summed E-state index contributed by atoms with van der Waals surface area (Å²) in [5.41, 5.74) is 2.73. The van der Waals surface area contributed by atoms with Gasteiger partial charge in [-0.1, -0.05) is 17.7 Å². The molecule has 2 N–H and O–H groups in total. The Balaban J connectivity index is 2.17. The van der Waals surface area contributed by atoms with Gasteiger partial charge in [0.15, 0.2) is 0 Å². The summed E-state index contributed by atoms with van der Waals surface area (Å²) in [6, 6.07) is 8.74. The summed E-state index contributed by atoms with van der Waals surface area (Å²) in [4.78, 5) is 12.2. The van der Waals surface area contributed by atoms with E-state index in [4.69, 9.17) is 16.3 Å². The lowest BCUT2D eigenvalue weighted by atomic mass is 10.1. The van der Waals surface area contributed by atoms with Gasteiger partial charge in [0.05, 0.1) is 13.2 Å². The molecule has 140 valence electrons. The first-order valence-electron chi connectivity index (χ1n) is 7.88. The molecule has 0 saturated heterocycles. The Bertz CT molecular complexity index is 929.